The highest BCUT2D eigenvalue weighted by Crippen LogP contribution is 2.20. The van der Waals surface area contributed by atoms with E-state index in [1.807, 2.05) is 13.8 Å². The summed E-state index contributed by atoms with van der Waals surface area (Å²) in [5, 5.41) is 8.93. The van der Waals surface area contributed by atoms with Crippen LogP contribution in [0.15, 0.2) is 10.7 Å². The highest BCUT2D eigenvalue weighted by atomic mass is 79.9. The van der Waals surface area contributed by atoms with Crippen LogP contribution in [0.1, 0.15) is 27.2 Å². The van der Waals surface area contributed by atoms with E-state index < -0.39 is 0 Å². The molecule has 19 heavy (non-hydrogen) atoms. The van der Waals surface area contributed by atoms with Crippen LogP contribution in [0.5, 0.6) is 0 Å². The Morgan fingerprint density at radius 3 is 2.84 bits per heavy atom. The first kappa shape index (κ1) is 15.7. The van der Waals surface area contributed by atoms with Gasteiger partial charge in [-0.2, -0.15) is 4.98 Å². The molecule has 1 aromatic heterocycles. The van der Waals surface area contributed by atoms with Gasteiger partial charge in [0.15, 0.2) is 0 Å². The Kier molecular flexibility index (Phi) is 6.55. The molecule has 0 saturated heterocycles. The summed E-state index contributed by atoms with van der Waals surface area (Å²) in [6.45, 7) is 7.21. The predicted octanol–water partition coefficient (Wildman–Crippen LogP) is 2.00. The average Bonchev–Trinajstić information content (AvgIpc) is 2.40. The number of amides is 1. The number of hydrogen-bond donors (Lipinski definition) is 3. The maximum Gasteiger partial charge on any atom is 0.242 e. The normalized spacial score (nSPS) is 11.8. The summed E-state index contributed by atoms with van der Waals surface area (Å²) in [5.74, 6) is 1.09. The molecule has 1 aromatic rings. The maximum absolute atomic E-state index is 11.8. The van der Waals surface area contributed by atoms with Gasteiger partial charge in [0.2, 0.25) is 11.9 Å². The summed E-state index contributed by atoms with van der Waals surface area (Å²) in [5.41, 5.74) is 0. The van der Waals surface area contributed by atoms with Crippen LogP contribution in [0.2, 0.25) is 0 Å². The van der Waals surface area contributed by atoms with Crippen LogP contribution >= 0.6 is 15.9 Å². The largest absolute Gasteiger partial charge is 0.358 e. The first-order valence-electron chi connectivity index (χ1n) is 6.39. The molecule has 1 amide bonds. The molecule has 0 bridgehead atoms. The highest BCUT2D eigenvalue weighted by Gasteiger charge is 2.14. The number of anilines is 2. The molecule has 1 rings (SSSR count). The summed E-state index contributed by atoms with van der Waals surface area (Å²) in [7, 11) is 0. The third kappa shape index (κ3) is 5.02. The fourth-order valence-corrected chi connectivity index (χ4v) is 1.69. The van der Waals surface area contributed by atoms with Crippen molar-refractivity contribution in [2.75, 3.05) is 23.7 Å². The quantitative estimate of drug-likeness (QED) is 0.713. The van der Waals surface area contributed by atoms with E-state index in [2.05, 4.69) is 41.8 Å². The van der Waals surface area contributed by atoms with Crippen LogP contribution < -0.4 is 16.0 Å². The zero-order chi connectivity index (χ0) is 14.3. The van der Waals surface area contributed by atoms with Gasteiger partial charge in [0.25, 0.3) is 0 Å². The summed E-state index contributed by atoms with van der Waals surface area (Å²) in [6.07, 6.45) is 2.57. The Bertz CT molecular complexity index is 427. The number of nitrogens with zero attached hydrogens (tertiary/aromatic N) is 2. The van der Waals surface area contributed by atoms with Crippen LogP contribution in [0, 0.1) is 0 Å². The van der Waals surface area contributed by atoms with E-state index in [4.69, 9.17) is 0 Å². The summed E-state index contributed by atoms with van der Waals surface area (Å²) in [6, 6.07) is -0.354. The minimum atomic E-state index is -0.354. The monoisotopic (exact) mass is 329 g/mol. The molecule has 1 unspecified atom stereocenters. The molecule has 7 heteroatoms. The number of carbonyl (C=O) groups excluding carboxylic acids is 1. The highest BCUT2D eigenvalue weighted by molar-refractivity contribution is 9.10. The molecule has 0 radical (unpaired) electrons. The van der Waals surface area contributed by atoms with E-state index in [0.717, 1.165) is 17.4 Å². The lowest BCUT2D eigenvalue weighted by Crippen LogP contribution is -2.38. The molecule has 1 heterocycles. The van der Waals surface area contributed by atoms with Gasteiger partial charge in [-0.05, 0) is 36.2 Å². The number of nitrogens with one attached hydrogen (secondary N) is 3. The minimum absolute atomic E-state index is 0.0441. The van der Waals surface area contributed by atoms with E-state index in [0.29, 0.717) is 18.3 Å². The molecule has 6 nitrogen and oxygen atoms in total. The number of carbonyl (C=O) groups is 1. The lowest BCUT2D eigenvalue weighted by atomic mass is 10.3. The molecular weight excluding hydrogens is 310 g/mol. The van der Waals surface area contributed by atoms with E-state index in [9.17, 15) is 4.79 Å². The van der Waals surface area contributed by atoms with Crippen molar-refractivity contribution >= 4 is 33.6 Å². The van der Waals surface area contributed by atoms with Crippen molar-refractivity contribution in [1.82, 2.24) is 15.3 Å². The summed E-state index contributed by atoms with van der Waals surface area (Å²) in [4.78, 5) is 20.2. The smallest absolute Gasteiger partial charge is 0.242 e. The van der Waals surface area contributed by atoms with Gasteiger partial charge in [-0.15, -0.1) is 0 Å². The van der Waals surface area contributed by atoms with Gasteiger partial charge >= 0.3 is 0 Å². The van der Waals surface area contributed by atoms with Crippen molar-refractivity contribution in [2.24, 2.45) is 0 Å². The molecule has 0 spiro atoms. The van der Waals surface area contributed by atoms with Crippen LogP contribution in [0.3, 0.4) is 0 Å². The molecule has 0 aliphatic heterocycles. The Morgan fingerprint density at radius 2 is 2.21 bits per heavy atom. The van der Waals surface area contributed by atoms with Gasteiger partial charge in [-0.1, -0.05) is 6.92 Å². The molecule has 3 N–H and O–H groups in total. The van der Waals surface area contributed by atoms with Crippen molar-refractivity contribution in [1.29, 1.82) is 0 Å². The fourth-order valence-electron chi connectivity index (χ4n) is 1.38. The second kappa shape index (κ2) is 7.93. The SMILES string of the molecule is CCCNC(=O)C(C)Nc1nc(NCC)ncc1Br. The van der Waals surface area contributed by atoms with Crippen molar-refractivity contribution < 1.29 is 4.79 Å². The Hall–Kier alpha value is -1.37. The topological polar surface area (TPSA) is 78.9 Å². The first-order valence-corrected chi connectivity index (χ1v) is 7.18. The summed E-state index contributed by atoms with van der Waals surface area (Å²) >= 11 is 3.36. The summed E-state index contributed by atoms with van der Waals surface area (Å²) < 4.78 is 0.726. The van der Waals surface area contributed by atoms with Crippen LogP contribution in [0.25, 0.3) is 0 Å². The van der Waals surface area contributed by atoms with Gasteiger partial charge in [0.05, 0.1) is 4.47 Å². The molecule has 106 valence electrons. The molecule has 0 saturated carbocycles. The van der Waals surface area contributed by atoms with E-state index in [1.165, 1.54) is 0 Å². The molecule has 0 aliphatic rings. The number of hydrogen-bond acceptors (Lipinski definition) is 5. The number of aromatic nitrogens is 2. The van der Waals surface area contributed by atoms with Crippen LogP contribution in [-0.2, 0) is 4.79 Å². The van der Waals surface area contributed by atoms with Gasteiger partial charge in [0.1, 0.15) is 11.9 Å². The number of halogens is 1. The number of rotatable bonds is 7. The Morgan fingerprint density at radius 1 is 1.47 bits per heavy atom. The van der Waals surface area contributed by atoms with Crippen molar-refractivity contribution in [3.05, 3.63) is 10.7 Å². The first-order chi connectivity index (χ1) is 9.08. The third-order valence-corrected chi connectivity index (χ3v) is 2.96. The van der Waals surface area contributed by atoms with Crippen LogP contribution in [-0.4, -0.2) is 35.0 Å². The molecule has 1 atom stereocenters. The fraction of sp³-hybridized carbons (Fsp3) is 0.583. The molecule has 0 fully saturated rings. The molecule has 0 aliphatic carbocycles. The van der Waals surface area contributed by atoms with Gasteiger partial charge < -0.3 is 16.0 Å². The standard InChI is InChI=1S/C12H20BrN5O/c1-4-6-15-11(19)8(3)17-10-9(13)7-16-12(18-10)14-5-2/h7-8H,4-6H2,1-3H3,(H,15,19)(H2,14,16,17,18). The van der Waals surface area contributed by atoms with Gasteiger partial charge in [-0.25, -0.2) is 4.98 Å². The minimum Gasteiger partial charge on any atom is -0.358 e. The van der Waals surface area contributed by atoms with Crippen molar-refractivity contribution in [2.45, 2.75) is 33.2 Å². The third-order valence-electron chi connectivity index (χ3n) is 2.37. The van der Waals surface area contributed by atoms with E-state index in [1.54, 1.807) is 13.1 Å². The average molecular weight is 330 g/mol. The van der Waals surface area contributed by atoms with Crippen LogP contribution in [0.4, 0.5) is 11.8 Å². The second-order valence-electron chi connectivity index (χ2n) is 4.08. The lowest BCUT2D eigenvalue weighted by Gasteiger charge is -2.15. The molecule has 0 aromatic carbocycles. The van der Waals surface area contributed by atoms with Crippen molar-refractivity contribution in [3.8, 4) is 0 Å². The molecular formula is C12H20BrN5O. The van der Waals surface area contributed by atoms with E-state index >= 15 is 0 Å². The zero-order valence-electron chi connectivity index (χ0n) is 11.5. The van der Waals surface area contributed by atoms with Crippen molar-refractivity contribution in [3.63, 3.8) is 0 Å². The van der Waals surface area contributed by atoms with E-state index in [-0.39, 0.29) is 11.9 Å². The maximum atomic E-state index is 11.8. The Balaban J connectivity index is 2.69. The van der Waals surface area contributed by atoms with Gasteiger partial charge in [-0.3, -0.25) is 4.79 Å². The second-order valence-corrected chi connectivity index (χ2v) is 4.93. The lowest BCUT2D eigenvalue weighted by molar-refractivity contribution is -0.121. The van der Waals surface area contributed by atoms with Gasteiger partial charge in [0, 0.05) is 19.3 Å². The zero-order valence-corrected chi connectivity index (χ0v) is 13.0. The predicted molar refractivity (Wildman–Crippen MR) is 80.3 cm³/mol. The Labute approximate surface area is 121 Å².